The Hall–Kier alpha value is -1.97. The second-order valence-electron chi connectivity index (χ2n) is 7.95. The highest BCUT2D eigenvalue weighted by molar-refractivity contribution is 6.12. The van der Waals surface area contributed by atoms with Gasteiger partial charge < -0.3 is 0 Å². The lowest BCUT2D eigenvalue weighted by Gasteiger charge is -2.51. The molecular formula is C19H17NO3. The van der Waals surface area contributed by atoms with Crippen LogP contribution in [0, 0.1) is 40.4 Å². The maximum atomic E-state index is 13.5. The van der Waals surface area contributed by atoms with E-state index in [2.05, 4.69) is 18.2 Å². The summed E-state index contributed by atoms with van der Waals surface area (Å²) < 4.78 is 0. The molecule has 0 N–H and O–H groups in total. The maximum Gasteiger partial charge on any atom is 0.242 e. The highest BCUT2D eigenvalue weighted by Crippen LogP contribution is 2.88. The molecule has 0 aromatic heterocycles. The van der Waals surface area contributed by atoms with Gasteiger partial charge >= 0.3 is 0 Å². The van der Waals surface area contributed by atoms with Crippen molar-refractivity contribution >= 4 is 17.6 Å². The maximum absolute atomic E-state index is 13.5. The summed E-state index contributed by atoms with van der Waals surface area (Å²) in [5.41, 5.74) is -0.288. The van der Waals surface area contributed by atoms with Crippen LogP contribution in [0.4, 0.5) is 0 Å². The zero-order valence-electron chi connectivity index (χ0n) is 12.9. The third kappa shape index (κ3) is 0.901. The van der Waals surface area contributed by atoms with E-state index < -0.39 is 10.8 Å². The number of carbonyl (C=O) groups is 3. The largest absolute Gasteiger partial charge is 0.299 e. The first-order valence-corrected chi connectivity index (χ1v) is 8.54. The Balaban J connectivity index is 1.71. The van der Waals surface area contributed by atoms with Crippen molar-refractivity contribution in [2.45, 2.75) is 19.8 Å². The van der Waals surface area contributed by atoms with Crippen LogP contribution >= 0.6 is 0 Å². The van der Waals surface area contributed by atoms with Gasteiger partial charge in [-0.15, -0.1) is 0 Å². The molecule has 2 bridgehead atoms. The molecular weight excluding hydrogens is 290 g/mol. The van der Waals surface area contributed by atoms with Crippen LogP contribution in [0.1, 0.15) is 19.8 Å². The molecule has 4 heteroatoms. The van der Waals surface area contributed by atoms with E-state index in [1.165, 1.54) is 11.8 Å². The predicted octanol–water partition coefficient (Wildman–Crippen LogP) is 1.84. The van der Waals surface area contributed by atoms with Crippen molar-refractivity contribution in [2.75, 3.05) is 0 Å². The number of hydrogen-bond donors (Lipinski definition) is 0. The van der Waals surface area contributed by atoms with Crippen LogP contribution < -0.4 is 0 Å². The minimum Gasteiger partial charge on any atom is -0.299 e. The highest BCUT2D eigenvalue weighted by Gasteiger charge is 2.93. The number of fused-ring (bicyclic) bond motifs is 2. The fourth-order valence-corrected chi connectivity index (χ4v) is 7.15. The number of imide groups is 1. The number of amides is 2. The van der Waals surface area contributed by atoms with Crippen LogP contribution in [0.25, 0.3) is 0 Å². The minimum atomic E-state index is -0.681. The van der Waals surface area contributed by atoms with Gasteiger partial charge in [-0.2, -0.15) is 0 Å². The monoisotopic (exact) mass is 307 g/mol. The number of nitrogens with zero attached hydrogens (tertiary/aromatic N) is 1. The first-order valence-electron chi connectivity index (χ1n) is 8.54. The van der Waals surface area contributed by atoms with Gasteiger partial charge in [0.1, 0.15) is 5.78 Å². The second kappa shape index (κ2) is 3.28. The Morgan fingerprint density at radius 3 is 2.65 bits per heavy atom. The number of carbonyl (C=O) groups excluding carboxylic acids is 3. The van der Waals surface area contributed by atoms with Gasteiger partial charge in [0.15, 0.2) is 0 Å². The second-order valence-corrected chi connectivity index (χ2v) is 7.95. The van der Waals surface area contributed by atoms with Crippen molar-refractivity contribution in [3.05, 3.63) is 36.1 Å². The van der Waals surface area contributed by atoms with Crippen LogP contribution in [0.3, 0.4) is 0 Å². The van der Waals surface area contributed by atoms with Crippen molar-refractivity contribution < 1.29 is 14.4 Å². The summed E-state index contributed by atoms with van der Waals surface area (Å²) in [6.45, 7) is 1.46. The van der Waals surface area contributed by atoms with E-state index in [0.717, 1.165) is 18.5 Å². The molecule has 1 saturated heterocycles. The van der Waals surface area contributed by atoms with Gasteiger partial charge in [-0.3, -0.25) is 19.3 Å². The van der Waals surface area contributed by atoms with Crippen molar-refractivity contribution in [3.63, 3.8) is 0 Å². The summed E-state index contributed by atoms with van der Waals surface area (Å²) in [5.74, 6) is 0.0722. The standard InChI is InChI=1S/C19H17NO3/c1-9(21)20-13-4-2-3-12-15-16(22)14-10-5-7-11(8-6-10)18(14,17(20)23)19(12,13)15/h2-5,7,10-12,14-15H,6,8H2,1H3. The van der Waals surface area contributed by atoms with E-state index >= 15 is 0 Å². The van der Waals surface area contributed by atoms with Gasteiger partial charge in [-0.1, -0.05) is 24.3 Å². The van der Waals surface area contributed by atoms with Gasteiger partial charge in [0.25, 0.3) is 0 Å². The summed E-state index contributed by atoms with van der Waals surface area (Å²) in [6.07, 6.45) is 12.2. The molecule has 23 heavy (non-hydrogen) atoms. The zero-order valence-corrected chi connectivity index (χ0v) is 12.9. The molecule has 7 rings (SSSR count). The Kier molecular flexibility index (Phi) is 1.78. The Morgan fingerprint density at radius 2 is 1.96 bits per heavy atom. The zero-order chi connectivity index (χ0) is 15.7. The molecule has 3 saturated carbocycles. The normalized spacial score (nSPS) is 53.2. The molecule has 2 amide bonds. The lowest BCUT2D eigenvalue weighted by atomic mass is 9.49. The Morgan fingerprint density at radius 1 is 1.13 bits per heavy atom. The molecule has 7 atom stereocenters. The fourth-order valence-electron chi connectivity index (χ4n) is 7.15. The third-order valence-corrected chi connectivity index (χ3v) is 7.58. The summed E-state index contributed by atoms with van der Waals surface area (Å²) in [7, 11) is 0. The average Bonchev–Trinajstić information content (AvgIpc) is 3.11. The van der Waals surface area contributed by atoms with Gasteiger partial charge in [0, 0.05) is 35.8 Å². The number of ketones is 1. The van der Waals surface area contributed by atoms with E-state index in [4.69, 9.17) is 0 Å². The molecule has 4 fully saturated rings. The quantitative estimate of drug-likeness (QED) is 0.642. The third-order valence-electron chi connectivity index (χ3n) is 7.58. The lowest BCUT2D eigenvalue weighted by Crippen LogP contribution is -2.56. The van der Waals surface area contributed by atoms with Crippen LogP contribution in [0.15, 0.2) is 36.1 Å². The molecule has 2 spiro atoms. The lowest BCUT2D eigenvalue weighted by molar-refractivity contribution is -0.155. The fraction of sp³-hybridized carbons (Fsp3) is 0.526. The smallest absolute Gasteiger partial charge is 0.242 e. The van der Waals surface area contributed by atoms with Gasteiger partial charge in [-0.25, -0.2) is 0 Å². The number of Topliss-reactive ketones (excluding diaryl/α,β-unsaturated/α-hetero) is 1. The SMILES string of the molecule is CC(=O)N1C(=O)C23C4C=CC(CC4)C2C(=O)C2C4C=CC=C1C423. The molecule has 116 valence electrons. The van der Waals surface area contributed by atoms with Crippen molar-refractivity contribution in [1.29, 1.82) is 0 Å². The van der Waals surface area contributed by atoms with E-state index in [9.17, 15) is 14.4 Å². The summed E-state index contributed by atoms with van der Waals surface area (Å²) in [5, 5.41) is 0. The first-order chi connectivity index (χ1) is 11.1. The molecule has 0 aromatic carbocycles. The molecule has 1 aliphatic heterocycles. The van der Waals surface area contributed by atoms with E-state index in [1.807, 2.05) is 12.2 Å². The molecule has 1 heterocycles. The summed E-state index contributed by atoms with van der Waals surface area (Å²) in [4.78, 5) is 40.4. The Bertz CT molecular complexity index is 820. The van der Waals surface area contributed by atoms with E-state index in [0.29, 0.717) is 0 Å². The number of rotatable bonds is 0. The number of allylic oxidation sites excluding steroid dienone is 6. The van der Waals surface area contributed by atoms with Crippen LogP contribution in [-0.4, -0.2) is 22.5 Å². The molecule has 6 aliphatic carbocycles. The van der Waals surface area contributed by atoms with Crippen LogP contribution in [0.2, 0.25) is 0 Å². The first kappa shape index (κ1) is 12.5. The molecule has 4 nitrogen and oxygen atoms in total. The van der Waals surface area contributed by atoms with E-state index in [-0.39, 0.29) is 47.2 Å². The summed E-state index contributed by atoms with van der Waals surface area (Å²) in [6, 6.07) is 0. The van der Waals surface area contributed by atoms with Crippen LogP contribution in [-0.2, 0) is 14.4 Å². The van der Waals surface area contributed by atoms with Crippen molar-refractivity contribution in [2.24, 2.45) is 40.4 Å². The molecule has 7 aliphatic rings. The van der Waals surface area contributed by atoms with Crippen molar-refractivity contribution in [1.82, 2.24) is 4.90 Å². The minimum absolute atomic E-state index is 0.0891. The van der Waals surface area contributed by atoms with E-state index in [1.54, 1.807) is 0 Å². The van der Waals surface area contributed by atoms with Gasteiger partial charge in [0.2, 0.25) is 11.8 Å². The predicted molar refractivity (Wildman–Crippen MR) is 80.4 cm³/mol. The number of hydrogen-bond acceptors (Lipinski definition) is 3. The van der Waals surface area contributed by atoms with Crippen LogP contribution in [0.5, 0.6) is 0 Å². The molecule has 7 unspecified atom stereocenters. The van der Waals surface area contributed by atoms with Gasteiger partial charge in [-0.05, 0) is 30.8 Å². The number of likely N-dealkylation sites (tertiary alicyclic amines) is 1. The summed E-state index contributed by atoms with van der Waals surface area (Å²) >= 11 is 0. The van der Waals surface area contributed by atoms with Crippen molar-refractivity contribution in [3.8, 4) is 0 Å². The topological polar surface area (TPSA) is 54.5 Å². The average molecular weight is 307 g/mol. The Labute approximate surface area is 133 Å². The van der Waals surface area contributed by atoms with Gasteiger partial charge in [0.05, 0.1) is 5.41 Å². The highest BCUT2D eigenvalue weighted by atomic mass is 16.2. The molecule has 0 radical (unpaired) electrons. The molecule has 0 aromatic rings.